The normalized spacial score (nSPS) is 12.9. The Morgan fingerprint density at radius 3 is 2.56 bits per heavy atom. The predicted octanol–water partition coefficient (Wildman–Crippen LogP) is 4.53. The molecule has 2 aromatic heterocycles. The van der Waals surface area contributed by atoms with Gasteiger partial charge in [-0.2, -0.15) is 0 Å². The predicted molar refractivity (Wildman–Crippen MR) is 134 cm³/mol. The number of carbonyl (C=O) groups is 1. The zero-order valence-corrected chi connectivity index (χ0v) is 20.8. The number of benzene rings is 2. The third-order valence-corrected chi connectivity index (χ3v) is 5.90. The zero-order chi connectivity index (χ0) is 24.8. The fourth-order valence-electron chi connectivity index (χ4n) is 4.31. The summed E-state index contributed by atoms with van der Waals surface area (Å²) < 4.78 is 15.0. The van der Waals surface area contributed by atoms with Crippen LogP contribution in [-0.2, 0) is 23.1 Å². The molecule has 2 aromatic carbocycles. The van der Waals surface area contributed by atoms with E-state index in [0.29, 0.717) is 16.8 Å². The van der Waals surface area contributed by atoms with Gasteiger partial charge in [0, 0.05) is 31.5 Å². The Labute approximate surface area is 199 Å². The van der Waals surface area contributed by atoms with Gasteiger partial charge < -0.3 is 28.6 Å². The molecule has 1 unspecified atom stereocenters. The molecule has 0 amide bonds. The van der Waals surface area contributed by atoms with Gasteiger partial charge in [0.2, 0.25) is 6.41 Å². The molecule has 0 aliphatic rings. The van der Waals surface area contributed by atoms with Gasteiger partial charge in [-0.15, -0.1) is 0 Å². The Bertz CT molecular complexity index is 1360. The number of rotatable bonds is 6. The first-order valence-corrected chi connectivity index (χ1v) is 11.3. The smallest absolute Gasteiger partial charge is 0.338 e. The van der Waals surface area contributed by atoms with Gasteiger partial charge in [0.05, 0.1) is 40.7 Å². The van der Waals surface area contributed by atoms with Gasteiger partial charge in [-0.05, 0) is 52.0 Å². The Hall–Kier alpha value is -3.36. The molecule has 0 aliphatic carbocycles. The number of hydrogen-bond donors (Lipinski definition) is 1. The van der Waals surface area contributed by atoms with Crippen LogP contribution < -0.4 is 4.90 Å². The van der Waals surface area contributed by atoms with Crippen molar-refractivity contribution in [3.8, 4) is 11.5 Å². The first-order chi connectivity index (χ1) is 16.1. The molecule has 0 spiro atoms. The fraction of sp³-hybridized carbons (Fsp3) is 0.385. The molecule has 0 fully saturated rings. The van der Waals surface area contributed by atoms with Crippen molar-refractivity contribution >= 4 is 33.6 Å². The highest BCUT2D eigenvalue weighted by molar-refractivity contribution is 6.00. The molecule has 8 nitrogen and oxygen atoms in total. The van der Waals surface area contributed by atoms with Gasteiger partial charge in [-0.25, -0.2) is 9.78 Å². The summed E-state index contributed by atoms with van der Waals surface area (Å²) in [7, 11) is 5.01. The Morgan fingerprint density at radius 2 is 1.91 bits per heavy atom. The maximum atomic E-state index is 12.4. The van der Waals surface area contributed by atoms with Crippen molar-refractivity contribution in [1.82, 2.24) is 14.1 Å². The minimum atomic E-state index is -1.23. The topological polar surface area (TPSA) is 81.8 Å². The van der Waals surface area contributed by atoms with Crippen molar-refractivity contribution in [3.05, 3.63) is 48.0 Å². The lowest BCUT2D eigenvalue weighted by molar-refractivity contribution is -0.162. The summed E-state index contributed by atoms with van der Waals surface area (Å²) in [5.74, 6) is 0.286. The summed E-state index contributed by atoms with van der Waals surface area (Å²) in [4.78, 5) is 19.0. The zero-order valence-electron chi connectivity index (χ0n) is 20.8. The second kappa shape index (κ2) is 8.77. The van der Waals surface area contributed by atoms with Crippen molar-refractivity contribution < 1.29 is 19.4 Å². The molecule has 180 valence electrons. The molecule has 1 N–H and O–H groups in total. The van der Waals surface area contributed by atoms with E-state index in [1.165, 1.54) is 7.11 Å². The second-order valence-electron chi connectivity index (χ2n) is 9.35. The monoisotopic (exact) mass is 464 g/mol. The van der Waals surface area contributed by atoms with Crippen LogP contribution in [0.3, 0.4) is 0 Å². The molecule has 0 bridgehead atoms. The van der Waals surface area contributed by atoms with Crippen molar-refractivity contribution in [2.45, 2.75) is 46.3 Å². The summed E-state index contributed by atoms with van der Waals surface area (Å²) in [5.41, 5.74) is 3.89. The number of para-hydroxylation sites is 1. The van der Waals surface area contributed by atoms with Crippen molar-refractivity contribution in [2.24, 2.45) is 7.05 Å². The third kappa shape index (κ3) is 4.15. The highest BCUT2D eigenvalue weighted by Crippen LogP contribution is 2.35. The van der Waals surface area contributed by atoms with E-state index >= 15 is 0 Å². The number of hydrogen-bond acceptors (Lipinski definition) is 6. The number of nitrogens with zero attached hydrogens (tertiary/aromatic N) is 4. The molecule has 34 heavy (non-hydrogen) atoms. The molecule has 2 heterocycles. The van der Waals surface area contributed by atoms with E-state index in [2.05, 4.69) is 29.7 Å². The number of imidazole rings is 1. The molecular formula is C26H32N4O4. The van der Waals surface area contributed by atoms with Crippen molar-refractivity contribution in [1.29, 1.82) is 0 Å². The number of ether oxygens (including phenoxy) is 2. The van der Waals surface area contributed by atoms with E-state index < -0.39 is 18.0 Å². The van der Waals surface area contributed by atoms with E-state index in [9.17, 15) is 9.90 Å². The molecular weight excluding hydrogens is 432 g/mol. The maximum absolute atomic E-state index is 12.4. The number of aryl methyl sites for hydroxylation is 2. The maximum Gasteiger partial charge on any atom is 0.338 e. The van der Waals surface area contributed by atoms with Gasteiger partial charge in [-0.1, -0.05) is 18.2 Å². The van der Waals surface area contributed by atoms with Crippen LogP contribution in [0.4, 0.5) is 5.69 Å². The van der Waals surface area contributed by atoms with Crippen molar-refractivity contribution in [3.63, 3.8) is 0 Å². The summed E-state index contributed by atoms with van der Waals surface area (Å²) in [6, 6.07) is 13.8. The molecule has 1 atom stereocenters. The van der Waals surface area contributed by atoms with Crippen LogP contribution in [0, 0.1) is 0 Å². The van der Waals surface area contributed by atoms with Crippen LogP contribution in [0.25, 0.3) is 33.5 Å². The quantitative estimate of drug-likeness (QED) is 0.334. The Morgan fingerprint density at radius 1 is 1.21 bits per heavy atom. The van der Waals surface area contributed by atoms with Gasteiger partial charge >= 0.3 is 5.97 Å². The van der Waals surface area contributed by atoms with Crippen LogP contribution in [0.5, 0.6) is 0 Å². The Kier molecular flexibility index (Phi) is 6.14. The first-order valence-electron chi connectivity index (χ1n) is 11.3. The van der Waals surface area contributed by atoms with Gasteiger partial charge in [0.1, 0.15) is 0 Å². The number of anilines is 1. The number of esters is 1. The van der Waals surface area contributed by atoms with E-state index in [0.717, 1.165) is 34.5 Å². The summed E-state index contributed by atoms with van der Waals surface area (Å²) in [6.07, 6.45) is -1.23. The highest BCUT2D eigenvalue weighted by Gasteiger charge is 2.26. The number of aliphatic hydroxyl groups excluding tert-OH is 1. The van der Waals surface area contributed by atoms with E-state index in [1.54, 1.807) is 24.1 Å². The number of fused-ring (bicyclic) bond motifs is 2. The van der Waals surface area contributed by atoms with Crippen LogP contribution in [0.15, 0.2) is 42.5 Å². The number of aromatic nitrogens is 3. The molecule has 0 saturated carbocycles. The molecule has 8 heteroatoms. The Balaban J connectivity index is 1.96. The van der Waals surface area contributed by atoms with Gasteiger partial charge in [0.25, 0.3) is 0 Å². The lowest BCUT2D eigenvalue weighted by Gasteiger charge is -2.31. The third-order valence-electron chi connectivity index (χ3n) is 5.90. The van der Waals surface area contributed by atoms with E-state index in [1.807, 2.05) is 44.5 Å². The molecule has 0 saturated heterocycles. The van der Waals surface area contributed by atoms with Crippen molar-refractivity contribution in [2.75, 3.05) is 19.1 Å². The molecule has 4 rings (SSSR count). The average molecular weight is 465 g/mol. The minimum Gasteiger partial charge on any atom is -0.465 e. The number of methoxy groups -OCH3 is 1. The summed E-state index contributed by atoms with van der Waals surface area (Å²) in [5, 5.41) is 11.9. The lowest BCUT2D eigenvalue weighted by atomic mass is 10.1. The number of aliphatic hydroxyl groups is 1. The minimum absolute atomic E-state index is 0.348. The first kappa shape index (κ1) is 23.8. The van der Waals surface area contributed by atoms with Crippen LogP contribution in [-0.4, -0.2) is 51.4 Å². The van der Waals surface area contributed by atoms with E-state index in [-0.39, 0.29) is 0 Å². The van der Waals surface area contributed by atoms with Crippen LogP contribution in [0.2, 0.25) is 0 Å². The summed E-state index contributed by atoms with van der Waals surface area (Å²) in [6.45, 7) is 8.50. The fourth-order valence-corrected chi connectivity index (χ4v) is 4.31. The lowest BCUT2D eigenvalue weighted by Crippen LogP contribution is -2.39. The highest BCUT2D eigenvalue weighted by atomic mass is 16.6. The van der Waals surface area contributed by atoms with Crippen LogP contribution in [0.1, 0.15) is 38.1 Å². The molecule has 0 aliphatic heterocycles. The average Bonchev–Trinajstić information content (AvgIpc) is 3.33. The molecule has 4 aromatic rings. The SMILES string of the molecule is CCn1c(-c2nc3cc(C(=O)OC)cc(N(C)C(O)OC(C)(C)C)c3n2C)cc2ccccc21. The number of carbonyl (C=O) groups excluding carboxylic acids is 1. The second-order valence-corrected chi connectivity index (χ2v) is 9.35. The van der Waals surface area contributed by atoms with Gasteiger partial charge in [-0.3, -0.25) is 0 Å². The summed E-state index contributed by atoms with van der Waals surface area (Å²) >= 11 is 0. The van der Waals surface area contributed by atoms with Gasteiger partial charge in [0.15, 0.2) is 5.82 Å². The standard InChI is InChI=1S/C26H32N4O4/c1-8-30-19-12-10-9-11-16(19)14-21(30)23-27-18-13-17(24(31)33-7)15-20(22(18)29(23)6)28(5)25(32)34-26(2,3)4/h9-15,25,32H,8H2,1-7H3. The molecule has 0 radical (unpaired) electrons. The largest absolute Gasteiger partial charge is 0.465 e. The van der Waals surface area contributed by atoms with E-state index in [4.69, 9.17) is 14.5 Å². The van der Waals surface area contributed by atoms with Crippen LogP contribution >= 0.6 is 0 Å².